The number of sulfonamides is 1. The number of nitrogens with one attached hydrogen (secondary N) is 1. The third-order valence-electron chi connectivity index (χ3n) is 3.56. The van der Waals surface area contributed by atoms with E-state index in [-0.39, 0.29) is 23.6 Å². The largest absolute Gasteiger partial charge is 0.478 e. The van der Waals surface area contributed by atoms with Crippen LogP contribution in [-0.2, 0) is 10.0 Å². The van der Waals surface area contributed by atoms with E-state index in [0.717, 1.165) is 0 Å². The monoisotopic (exact) mass is 378 g/mol. The number of thiophene rings is 1. The minimum atomic E-state index is -3.68. The van der Waals surface area contributed by atoms with Gasteiger partial charge in [-0.25, -0.2) is 17.9 Å². The summed E-state index contributed by atoms with van der Waals surface area (Å²) in [6, 6.07) is 7.92. The van der Waals surface area contributed by atoms with Gasteiger partial charge >= 0.3 is 5.97 Å². The molecule has 3 N–H and O–H groups in total. The molecule has 2 heterocycles. The third kappa shape index (κ3) is 3.40. The van der Waals surface area contributed by atoms with Crippen LogP contribution in [0.4, 0.5) is 0 Å². The molecule has 7 nitrogen and oxygen atoms in total. The highest BCUT2D eigenvalue weighted by Crippen LogP contribution is 2.32. The Balaban J connectivity index is 2.01. The van der Waals surface area contributed by atoms with E-state index >= 15 is 0 Å². The topological polar surface area (TPSA) is 117 Å². The van der Waals surface area contributed by atoms with Gasteiger partial charge in [0, 0.05) is 23.7 Å². The van der Waals surface area contributed by atoms with Crippen LogP contribution in [0.5, 0.6) is 0 Å². The summed E-state index contributed by atoms with van der Waals surface area (Å²) in [5.41, 5.74) is 1.41. The number of benzene rings is 1. The first-order chi connectivity index (χ1) is 11.9. The molecule has 0 amide bonds. The molecule has 0 saturated carbocycles. The van der Waals surface area contributed by atoms with Gasteiger partial charge in [0.25, 0.3) is 0 Å². The number of hydrogen-bond acceptors (Lipinski definition) is 6. The summed E-state index contributed by atoms with van der Waals surface area (Å²) in [5.74, 6) is -1.04. The lowest BCUT2D eigenvalue weighted by atomic mass is 10.1. The fourth-order valence-corrected chi connectivity index (χ4v) is 4.32. The van der Waals surface area contributed by atoms with E-state index in [9.17, 15) is 18.3 Å². The zero-order valence-electron chi connectivity index (χ0n) is 12.8. The van der Waals surface area contributed by atoms with E-state index in [1.165, 1.54) is 29.7 Å². The van der Waals surface area contributed by atoms with Crippen molar-refractivity contribution in [2.45, 2.75) is 4.90 Å². The quantitative estimate of drug-likeness (QED) is 0.603. The van der Waals surface area contributed by atoms with Crippen molar-refractivity contribution >= 4 is 37.4 Å². The Labute approximate surface area is 147 Å². The molecule has 0 aliphatic carbocycles. The summed E-state index contributed by atoms with van der Waals surface area (Å²) >= 11 is 1.32. The number of rotatable bonds is 6. The molecule has 3 rings (SSSR count). The number of carbonyl (C=O) groups is 1. The zero-order chi connectivity index (χ0) is 18.0. The molecular formula is C16H14N2O5S2. The molecule has 0 fully saturated rings. The molecule has 0 bridgehead atoms. The van der Waals surface area contributed by atoms with Gasteiger partial charge < -0.3 is 10.2 Å². The van der Waals surface area contributed by atoms with Gasteiger partial charge in [-0.15, -0.1) is 11.3 Å². The second-order valence-electron chi connectivity index (χ2n) is 5.13. The van der Waals surface area contributed by atoms with Gasteiger partial charge in [-0.3, -0.25) is 4.98 Å². The Morgan fingerprint density at radius 2 is 1.92 bits per heavy atom. The Kier molecular flexibility index (Phi) is 4.82. The number of fused-ring (bicyclic) bond motifs is 1. The van der Waals surface area contributed by atoms with Gasteiger partial charge in [-0.2, -0.15) is 0 Å². The summed E-state index contributed by atoms with van der Waals surface area (Å²) in [6.07, 6.45) is 1.31. The summed E-state index contributed by atoms with van der Waals surface area (Å²) in [5, 5.41) is 20.5. The highest BCUT2D eigenvalue weighted by molar-refractivity contribution is 7.89. The second-order valence-corrected chi connectivity index (χ2v) is 7.82. The molecule has 130 valence electrons. The second kappa shape index (κ2) is 6.89. The molecule has 3 aromatic rings. The highest BCUT2D eigenvalue weighted by atomic mass is 32.2. The number of aromatic carboxylic acids is 1. The number of aromatic nitrogens is 1. The van der Waals surface area contributed by atoms with E-state index in [4.69, 9.17) is 5.11 Å². The summed E-state index contributed by atoms with van der Waals surface area (Å²) in [4.78, 5) is 15.6. The SMILES string of the molecule is O=C(O)c1cnc(-c2ccc(S(=O)(=O)NCCO)cc2)c2ccsc12. The van der Waals surface area contributed by atoms with Crippen LogP contribution in [0.15, 0.2) is 46.8 Å². The van der Waals surface area contributed by atoms with Crippen LogP contribution in [0.1, 0.15) is 10.4 Å². The molecule has 0 unspecified atom stereocenters. The number of carboxylic acids is 1. The lowest BCUT2D eigenvalue weighted by molar-refractivity contribution is 0.0699. The van der Waals surface area contributed by atoms with Crippen molar-refractivity contribution in [3.8, 4) is 11.3 Å². The van der Waals surface area contributed by atoms with Crippen molar-refractivity contribution in [3.63, 3.8) is 0 Å². The van der Waals surface area contributed by atoms with Crippen molar-refractivity contribution in [2.75, 3.05) is 13.2 Å². The number of aliphatic hydroxyl groups excluding tert-OH is 1. The number of nitrogens with zero attached hydrogens (tertiary/aromatic N) is 1. The molecule has 0 aliphatic heterocycles. The van der Waals surface area contributed by atoms with Crippen LogP contribution in [0, 0.1) is 0 Å². The lowest BCUT2D eigenvalue weighted by Gasteiger charge is -2.08. The molecular weight excluding hydrogens is 364 g/mol. The fraction of sp³-hybridized carbons (Fsp3) is 0.125. The molecule has 0 radical (unpaired) electrons. The van der Waals surface area contributed by atoms with Gasteiger partial charge in [0.1, 0.15) is 0 Å². The smallest absolute Gasteiger partial charge is 0.338 e. The predicted octanol–water partition coefficient (Wildman–Crippen LogP) is 1.93. The molecule has 0 saturated heterocycles. The standard InChI is InChI=1S/C16H14N2O5S2/c19-7-6-18-25(22,23)11-3-1-10(2-4-11)14-12-5-8-24-15(12)13(9-17-14)16(20)21/h1-5,8-9,18-19H,6-7H2,(H,20,21). The summed E-state index contributed by atoms with van der Waals surface area (Å²) in [7, 11) is -3.68. The van der Waals surface area contributed by atoms with Crippen molar-refractivity contribution in [3.05, 3.63) is 47.5 Å². The minimum absolute atomic E-state index is 0.0577. The van der Waals surface area contributed by atoms with E-state index in [2.05, 4.69) is 9.71 Å². The van der Waals surface area contributed by atoms with Gasteiger partial charge in [0.2, 0.25) is 10.0 Å². The molecule has 0 aliphatic rings. The lowest BCUT2D eigenvalue weighted by Crippen LogP contribution is -2.26. The highest BCUT2D eigenvalue weighted by Gasteiger charge is 2.17. The van der Waals surface area contributed by atoms with Crippen molar-refractivity contribution in [1.82, 2.24) is 9.71 Å². The maximum Gasteiger partial charge on any atom is 0.338 e. The van der Waals surface area contributed by atoms with E-state index in [0.29, 0.717) is 21.3 Å². The van der Waals surface area contributed by atoms with E-state index < -0.39 is 16.0 Å². The molecule has 0 spiro atoms. The first-order valence-corrected chi connectivity index (χ1v) is 9.61. The molecule has 9 heteroatoms. The van der Waals surface area contributed by atoms with Crippen molar-refractivity contribution in [1.29, 1.82) is 0 Å². The number of aliphatic hydroxyl groups is 1. The average Bonchev–Trinajstić information content (AvgIpc) is 3.08. The summed E-state index contributed by atoms with van der Waals surface area (Å²) in [6.45, 7) is -0.342. The molecule has 25 heavy (non-hydrogen) atoms. The van der Waals surface area contributed by atoms with Crippen LogP contribution in [0.25, 0.3) is 21.3 Å². The zero-order valence-corrected chi connectivity index (χ0v) is 14.5. The molecule has 0 atom stereocenters. The minimum Gasteiger partial charge on any atom is -0.478 e. The first kappa shape index (κ1) is 17.5. The third-order valence-corrected chi connectivity index (χ3v) is 5.98. The Morgan fingerprint density at radius 1 is 1.20 bits per heavy atom. The van der Waals surface area contributed by atoms with Crippen molar-refractivity contribution < 1.29 is 23.4 Å². The Hall–Kier alpha value is -2.33. The van der Waals surface area contributed by atoms with Crippen LogP contribution in [0.2, 0.25) is 0 Å². The van der Waals surface area contributed by atoms with Crippen LogP contribution >= 0.6 is 11.3 Å². The van der Waals surface area contributed by atoms with Crippen LogP contribution in [0.3, 0.4) is 0 Å². The summed E-state index contributed by atoms with van der Waals surface area (Å²) < 4.78 is 27.0. The normalized spacial score (nSPS) is 11.7. The van der Waals surface area contributed by atoms with Gasteiger partial charge in [0.05, 0.1) is 27.5 Å². The average molecular weight is 378 g/mol. The van der Waals surface area contributed by atoms with Gasteiger partial charge in [-0.05, 0) is 23.6 Å². The first-order valence-electron chi connectivity index (χ1n) is 7.24. The van der Waals surface area contributed by atoms with Crippen LogP contribution in [-0.4, -0.2) is 42.7 Å². The number of pyridine rings is 1. The van der Waals surface area contributed by atoms with Crippen molar-refractivity contribution in [2.24, 2.45) is 0 Å². The Bertz CT molecular complexity index is 1030. The predicted molar refractivity (Wildman–Crippen MR) is 94.3 cm³/mol. The van der Waals surface area contributed by atoms with Gasteiger partial charge in [-0.1, -0.05) is 12.1 Å². The maximum atomic E-state index is 12.0. The fourth-order valence-electron chi connectivity index (χ4n) is 2.40. The molecule has 1 aromatic carbocycles. The van der Waals surface area contributed by atoms with Gasteiger partial charge in [0.15, 0.2) is 0 Å². The van der Waals surface area contributed by atoms with E-state index in [1.807, 2.05) is 0 Å². The maximum absolute atomic E-state index is 12.0. The van der Waals surface area contributed by atoms with E-state index in [1.54, 1.807) is 23.6 Å². The number of hydrogen-bond donors (Lipinski definition) is 3. The van der Waals surface area contributed by atoms with Crippen LogP contribution < -0.4 is 4.72 Å². The molecule has 2 aromatic heterocycles. The Morgan fingerprint density at radius 3 is 2.56 bits per heavy atom. The number of carboxylic acid groups (broad SMARTS) is 1.